The maximum atomic E-state index is 13.3. The van der Waals surface area contributed by atoms with Crippen molar-refractivity contribution in [3.05, 3.63) is 113 Å². The Morgan fingerprint density at radius 2 is 1.68 bits per heavy atom. The average molecular weight is 493 g/mol. The van der Waals surface area contributed by atoms with E-state index < -0.39 is 11.7 Å². The van der Waals surface area contributed by atoms with Crippen molar-refractivity contribution in [2.75, 3.05) is 13.7 Å². The molecule has 5 rings (SSSR count). The number of rotatable bonds is 8. The highest BCUT2D eigenvalue weighted by Gasteiger charge is 2.27. The van der Waals surface area contributed by atoms with Gasteiger partial charge in [0.25, 0.3) is 11.7 Å². The minimum Gasteiger partial charge on any atom is -0.497 e. The zero-order chi connectivity index (χ0) is 25.9. The number of fused-ring (bicyclic) bond motifs is 1. The van der Waals surface area contributed by atoms with Crippen LogP contribution in [0.15, 0.2) is 85.1 Å². The number of H-pyrrole nitrogens is 1. The van der Waals surface area contributed by atoms with Crippen LogP contribution >= 0.6 is 0 Å². The molecule has 2 aromatic heterocycles. The number of aromatic amines is 1. The van der Waals surface area contributed by atoms with E-state index in [1.807, 2.05) is 79.0 Å². The average Bonchev–Trinajstić information content (AvgIpc) is 3.49. The monoisotopic (exact) mass is 492 g/mol. The lowest BCUT2D eigenvalue weighted by molar-refractivity contribution is -0.117. The van der Waals surface area contributed by atoms with Crippen LogP contribution in [0, 0.1) is 13.8 Å². The number of ether oxygens (including phenoxy) is 1. The van der Waals surface area contributed by atoms with E-state index in [-0.39, 0.29) is 12.5 Å². The number of ketones is 1. The standard InChI is InChI=1S/C30H28N4O3/c1-19-28(20(2)34(33-19)22-9-5-4-6-10-22)29(35)30(36)32-17-25(21-13-15-23(37-3)16-14-21)26-18-31-27-12-8-7-11-24(26)27/h4-16,18,25,31H,17H2,1-3H3,(H,32,36). The molecule has 0 aliphatic carbocycles. The molecule has 0 aliphatic rings. The van der Waals surface area contributed by atoms with Gasteiger partial charge in [0.2, 0.25) is 0 Å². The van der Waals surface area contributed by atoms with Gasteiger partial charge in [0.05, 0.1) is 29.7 Å². The molecule has 186 valence electrons. The number of amides is 1. The number of carbonyl (C=O) groups is 2. The lowest BCUT2D eigenvalue weighted by atomic mass is 9.90. The summed E-state index contributed by atoms with van der Waals surface area (Å²) in [5.41, 5.74) is 5.37. The summed E-state index contributed by atoms with van der Waals surface area (Å²) in [7, 11) is 1.63. The van der Waals surface area contributed by atoms with E-state index >= 15 is 0 Å². The summed E-state index contributed by atoms with van der Waals surface area (Å²) in [5.74, 6) is -0.670. The van der Waals surface area contributed by atoms with Crippen molar-refractivity contribution >= 4 is 22.6 Å². The quantitative estimate of drug-likeness (QED) is 0.233. The molecular formula is C30H28N4O3. The molecule has 3 aromatic carbocycles. The van der Waals surface area contributed by atoms with E-state index in [2.05, 4.69) is 21.5 Å². The smallest absolute Gasteiger partial charge is 0.292 e. The fourth-order valence-electron chi connectivity index (χ4n) is 4.81. The minimum atomic E-state index is -0.655. The topological polar surface area (TPSA) is 89.0 Å². The molecule has 0 saturated carbocycles. The van der Waals surface area contributed by atoms with Crippen LogP contribution in [0.3, 0.4) is 0 Å². The van der Waals surface area contributed by atoms with E-state index in [1.54, 1.807) is 25.6 Å². The molecule has 1 unspecified atom stereocenters. The second kappa shape index (κ2) is 10.1. The Labute approximate surface area is 215 Å². The highest BCUT2D eigenvalue weighted by atomic mass is 16.5. The van der Waals surface area contributed by atoms with Gasteiger partial charge in [-0.25, -0.2) is 4.68 Å². The first-order chi connectivity index (χ1) is 18.0. The number of nitrogens with zero attached hydrogens (tertiary/aromatic N) is 2. The van der Waals surface area contributed by atoms with Crippen molar-refractivity contribution in [2.45, 2.75) is 19.8 Å². The van der Waals surface area contributed by atoms with Crippen LogP contribution in [0.5, 0.6) is 5.75 Å². The summed E-state index contributed by atoms with van der Waals surface area (Å²) < 4.78 is 7.01. The van der Waals surface area contributed by atoms with E-state index in [0.29, 0.717) is 17.0 Å². The number of aryl methyl sites for hydroxylation is 1. The molecule has 7 heteroatoms. The van der Waals surface area contributed by atoms with Crippen LogP contribution in [-0.2, 0) is 4.79 Å². The Morgan fingerprint density at radius 1 is 0.973 bits per heavy atom. The molecule has 0 fully saturated rings. The molecular weight excluding hydrogens is 464 g/mol. The summed E-state index contributed by atoms with van der Waals surface area (Å²) in [4.78, 5) is 29.7. The third-order valence-corrected chi connectivity index (χ3v) is 6.71. The number of methoxy groups -OCH3 is 1. The van der Waals surface area contributed by atoms with Gasteiger partial charge >= 0.3 is 0 Å². The summed E-state index contributed by atoms with van der Waals surface area (Å²) in [6, 6.07) is 25.4. The van der Waals surface area contributed by atoms with E-state index in [4.69, 9.17) is 4.74 Å². The molecule has 0 bridgehead atoms. The van der Waals surface area contributed by atoms with Crippen molar-refractivity contribution < 1.29 is 14.3 Å². The van der Waals surface area contributed by atoms with Crippen molar-refractivity contribution in [3.8, 4) is 11.4 Å². The van der Waals surface area contributed by atoms with E-state index in [9.17, 15) is 9.59 Å². The Kier molecular flexibility index (Phi) is 6.60. The Hall–Kier alpha value is -4.65. The van der Waals surface area contributed by atoms with Crippen LogP contribution < -0.4 is 10.1 Å². The number of para-hydroxylation sites is 2. The summed E-state index contributed by atoms with van der Waals surface area (Å²) in [5, 5.41) is 8.48. The number of carbonyl (C=O) groups excluding carboxylic acids is 2. The van der Waals surface area contributed by atoms with Gasteiger partial charge in [-0.2, -0.15) is 5.10 Å². The first-order valence-electron chi connectivity index (χ1n) is 12.1. The number of nitrogens with one attached hydrogen (secondary N) is 2. The van der Waals surface area contributed by atoms with Crippen LogP contribution in [-0.4, -0.2) is 40.1 Å². The van der Waals surface area contributed by atoms with Gasteiger partial charge < -0.3 is 15.0 Å². The molecule has 2 heterocycles. The molecule has 0 spiro atoms. The lowest BCUT2D eigenvalue weighted by Gasteiger charge is -2.18. The summed E-state index contributed by atoms with van der Waals surface area (Å²) >= 11 is 0. The van der Waals surface area contributed by atoms with Gasteiger partial charge in [-0.3, -0.25) is 9.59 Å². The number of hydrogen-bond donors (Lipinski definition) is 2. The number of Topliss-reactive ketones (excluding diaryl/α,β-unsaturated/α-hetero) is 1. The molecule has 1 amide bonds. The molecule has 1 atom stereocenters. The van der Waals surface area contributed by atoms with Crippen LogP contribution in [0.1, 0.15) is 38.8 Å². The van der Waals surface area contributed by atoms with Crippen molar-refractivity contribution in [1.82, 2.24) is 20.1 Å². The van der Waals surface area contributed by atoms with Crippen molar-refractivity contribution in [3.63, 3.8) is 0 Å². The first-order valence-corrected chi connectivity index (χ1v) is 12.1. The first kappa shape index (κ1) is 24.1. The number of aromatic nitrogens is 3. The maximum absolute atomic E-state index is 13.3. The van der Waals surface area contributed by atoms with Crippen molar-refractivity contribution in [1.29, 1.82) is 0 Å². The SMILES string of the molecule is COc1ccc(C(CNC(=O)C(=O)c2c(C)nn(-c3ccccc3)c2C)c2c[nH]c3ccccc23)cc1. The van der Waals surface area contributed by atoms with Crippen LogP contribution in [0.2, 0.25) is 0 Å². The lowest BCUT2D eigenvalue weighted by Crippen LogP contribution is -2.35. The zero-order valence-electron chi connectivity index (χ0n) is 21.0. The summed E-state index contributed by atoms with van der Waals surface area (Å²) in [6.07, 6.45) is 1.96. The van der Waals surface area contributed by atoms with Gasteiger partial charge in [-0.15, -0.1) is 0 Å². The normalized spacial score (nSPS) is 11.9. The molecule has 2 N–H and O–H groups in total. The van der Waals surface area contributed by atoms with E-state index in [1.165, 1.54) is 0 Å². The largest absolute Gasteiger partial charge is 0.497 e. The van der Waals surface area contributed by atoms with Gasteiger partial charge in [0, 0.05) is 29.6 Å². The second-order valence-electron chi connectivity index (χ2n) is 8.95. The van der Waals surface area contributed by atoms with Crippen LogP contribution in [0.25, 0.3) is 16.6 Å². The third kappa shape index (κ3) is 4.63. The Balaban J connectivity index is 1.42. The van der Waals surface area contributed by atoms with Crippen molar-refractivity contribution in [2.24, 2.45) is 0 Å². The molecule has 7 nitrogen and oxygen atoms in total. The molecule has 5 aromatic rings. The predicted molar refractivity (Wildman–Crippen MR) is 144 cm³/mol. The molecule has 0 aliphatic heterocycles. The highest BCUT2D eigenvalue weighted by molar-refractivity contribution is 6.43. The van der Waals surface area contributed by atoms with Crippen LogP contribution in [0.4, 0.5) is 0 Å². The Bertz CT molecular complexity index is 1570. The number of hydrogen-bond acceptors (Lipinski definition) is 4. The molecule has 0 saturated heterocycles. The number of benzene rings is 3. The summed E-state index contributed by atoms with van der Waals surface area (Å²) in [6.45, 7) is 3.81. The fraction of sp³-hybridized carbons (Fsp3) is 0.167. The van der Waals surface area contributed by atoms with Gasteiger partial charge in [-0.05, 0) is 55.3 Å². The van der Waals surface area contributed by atoms with Gasteiger partial charge in [0.15, 0.2) is 0 Å². The molecule has 37 heavy (non-hydrogen) atoms. The predicted octanol–water partition coefficient (Wildman–Crippen LogP) is 5.11. The van der Waals surface area contributed by atoms with E-state index in [0.717, 1.165) is 33.5 Å². The highest BCUT2D eigenvalue weighted by Crippen LogP contribution is 2.31. The fourth-order valence-corrected chi connectivity index (χ4v) is 4.81. The minimum absolute atomic E-state index is 0.173. The zero-order valence-corrected chi connectivity index (χ0v) is 21.0. The second-order valence-corrected chi connectivity index (χ2v) is 8.95. The Morgan fingerprint density at radius 3 is 2.41 bits per heavy atom. The van der Waals surface area contributed by atoms with Gasteiger partial charge in [-0.1, -0.05) is 48.5 Å². The third-order valence-electron chi connectivity index (χ3n) is 6.71. The molecule has 0 radical (unpaired) electrons. The van der Waals surface area contributed by atoms with Gasteiger partial charge in [0.1, 0.15) is 5.75 Å². The maximum Gasteiger partial charge on any atom is 0.292 e.